The Balaban J connectivity index is 1.29. The number of aromatic amines is 1. The van der Waals surface area contributed by atoms with Crippen molar-refractivity contribution < 1.29 is 18.0 Å². The standard InChI is InChI=1S/C29H27N9O4S/c1-16(39)24-25(19-9-20-13-43(41,42)14-21(10-19)37(20)29(40)27-32-15-33-36-27)35-28-22(12-34-38(28)26(24)30)18-7-8-23(31-11-18)17-5-3-2-4-6-17/h2-8,11-12,15,19-21H,9-10,13-14,30H2,1H3,(H,32,33,36). The average molecular weight is 598 g/mol. The van der Waals surface area contributed by atoms with Gasteiger partial charge >= 0.3 is 0 Å². The fourth-order valence-corrected chi connectivity index (χ4v) is 8.34. The number of carbonyl (C=O) groups is 2. The number of ketones is 1. The number of nitrogens with zero attached hydrogens (tertiary/aromatic N) is 7. The second-order valence-electron chi connectivity index (χ2n) is 11.0. The maximum Gasteiger partial charge on any atom is 0.291 e. The van der Waals surface area contributed by atoms with Gasteiger partial charge in [0.1, 0.15) is 12.1 Å². The Morgan fingerprint density at radius 2 is 1.72 bits per heavy atom. The molecule has 2 unspecified atom stereocenters. The topological polar surface area (TPSA) is 182 Å². The fourth-order valence-electron chi connectivity index (χ4n) is 6.44. The Kier molecular flexibility index (Phi) is 6.31. The zero-order chi connectivity index (χ0) is 29.9. The molecule has 7 rings (SSSR count). The van der Waals surface area contributed by atoms with E-state index in [1.807, 2.05) is 42.5 Å². The third kappa shape index (κ3) is 4.63. The van der Waals surface area contributed by atoms with Crippen LogP contribution in [0.3, 0.4) is 0 Å². The molecule has 2 aliphatic heterocycles. The number of carbonyl (C=O) groups excluding carboxylic acids is 2. The molecular weight excluding hydrogens is 570 g/mol. The lowest BCUT2D eigenvalue weighted by Crippen LogP contribution is -2.60. The van der Waals surface area contributed by atoms with E-state index in [0.717, 1.165) is 16.8 Å². The van der Waals surface area contributed by atoms with Crippen molar-refractivity contribution in [2.45, 2.75) is 37.8 Å². The zero-order valence-corrected chi connectivity index (χ0v) is 23.9. The second-order valence-corrected chi connectivity index (χ2v) is 13.2. The Bertz CT molecular complexity index is 1950. The maximum absolute atomic E-state index is 13.3. The summed E-state index contributed by atoms with van der Waals surface area (Å²) in [5.74, 6) is -1.17. The van der Waals surface area contributed by atoms with E-state index in [1.165, 1.54) is 17.8 Å². The van der Waals surface area contributed by atoms with E-state index in [1.54, 1.807) is 17.3 Å². The molecule has 2 fully saturated rings. The van der Waals surface area contributed by atoms with Crippen LogP contribution in [0.2, 0.25) is 0 Å². The number of hydrogen-bond acceptors (Lipinski definition) is 10. The van der Waals surface area contributed by atoms with Crippen molar-refractivity contribution in [3.05, 3.63) is 78.3 Å². The van der Waals surface area contributed by atoms with Crippen LogP contribution in [0.1, 0.15) is 52.4 Å². The van der Waals surface area contributed by atoms with Gasteiger partial charge in [-0.1, -0.05) is 36.4 Å². The summed E-state index contributed by atoms with van der Waals surface area (Å²) in [5.41, 5.74) is 11.0. The minimum absolute atomic E-state index is 0.0526. The predicted molar refractivity (Wildman–Crippen MR) is 157 cm³/mol. The Morgan fingerprint density at radius 1 is 0.977 bits per heavy atom. The van der Waals surface area contributed by atoms with E-state index in [4.69, 9.17) is 10.7 Å². The number of piperidine rings is 1. The number of Topliss-reactive ketones (excluding diaryl/α,β-unsaturated/α-hetero) is 1. The number of benzene rings is 1. The summed E-state index contributed by atoms with van der Waals surface area (Å²) in [6, 6.07) is 12.4. The molecule has 6 heterocycles. The van der Waals surface area contributed by atoms with Crippen molar-refractivity contribution in [3.8, 4) is 22.4 Å². The van der Waals surface area contributed by atoms with Crippen LogP contribution in [0.4, 0.5) is 5.82 Å². The summed E-state index contributed by atoms with van der Waals surface area (Å²) in [5, 5.41) is 10.8. The van der Waals surface area contributed by atoms with Crippen LogP contribution in [0.15, 0.2) is 61.2 Å². The first kappa shape index (κ1) is 26.9. The highest BCUT2D eigenvalue weighted by Crippen LogP contribution is 2.42. The normalized spacial score (nSPS) is 21.1. The zero-order valence-electron chi connectivity index (χ0n) is 23.1. The van der Waals surface area contributed by atoms with Crippen molar-refractivity contribution in [1.29, 1.82) is 0 Å². The van der Waals surface area contributed by atoms with Gasteiger partial charge in [0.15, 0.2) is 21.3 Å². The van der Waals surface area contributed by atoms with Gasteiger partial charge in [-0.3, -0.25) is 19.7 Å². The molecule has 5 aromatic rings. The molecule has 2 aliphatic rings. The molecule has 2 bridgehead atoms. The second kappa shape index (κ2) is 10.1. The maximum atomic E-state index is 13.3. The summed E-state index contributed by atoms with van der Waals surface area (Å²) >= 11 is 0. The molecule has 0 spiro atoms. The molecule has 14 heteroatoms. The van der Waals surface area contributed by atoms with Crippen LogP contribution in [-0.4, -0.2) is 83.4 Å². The summed E-state index contributed by atoms with van der Waals surface area (Å²) in [4.78, 5) is 41.4. The number of anilines is 1. The smallest absolute Gasteiger partial charge is 0.291 e. The molecule has 2 atom stereocenters. The predicted octanol–water partition coefficient (Wildman–Crippen LogP) is 2.55. The van der Waals surface area contributed by atoms with Crippen molar-refractivity contribution in [2.24, 2.45) is 0 Å². The summed E-state index contributed by atoms with van der Waals surface area (Å²) in [7, 11) is -3.38. The van der Waals surface area contributed by atoms with E-state index in [2.05, 4.69) is 25.3 Å². The quantitative estimate of drug-likeness (QED) is 0.286. The van der Waals surface area contributed by atoms with Gasteiger partial charge < -0.3 is 10.6 Å². The van der Waals surface area contributed by atoms with Gasteiger partial charge in [0.05, 0.1) is 34.7 Å². The van der Waals surface area contributed by atoms with E-state index in [-0.39, 0.29) is 53.3 Å². The summed E-state index contributed by atoms with van der Waals surface area (Å²) in [6.45, 7) is 1.42. The van der Waals surface area contributed by atoms with Crippen LogP contribution in [-0.2, 0) is 9.84 Å². The first-order chi connectivity index (χ1) is 20.7. The number of fused-ring (bicyclic) bond motifs is 3. The van der Waals surface area contributed by atoms with Crippen molar-refractivity contribution in [3.63, 3.8) is 0 Å². The van der Waals surface area contributed by atoms with Gasteiger partial charge in [0.2, 0.25) is 5.82 Å². The van der Waals surface area contributed by atoms with E-state index < -0.39 is 27.8 Å². The largest absolute Gasteiger partial charge is 0.383 e. The van der Waals surface area contributed by atoms with E-state index in [9.17, 15) is 18.0 Å². The molecule has 13 nitrogen and oxygen atoms in total. The molecule has 0 radical (unpaired) electrons. The van der Waals surface area contributed by atoms with Gasteiger partial charge in [0, 0.05) is 40.9 Å². The molecular formula is C29H27N9O4S. The van der Waals surface area contributed by atoms with Crippen molar-refractivity contribution in [2.75, 3.05) is 17.2 Å². The van der Waals surface area contributed by atoms with Gasteiger partial charge in [-0.15, -0.1) is 0 Å². The lowest BCUT2D eigenvalue weighted by molar-refractivity contribution is 0.0449. The van der Waals surface area contributed by atoms with Gasteiger partial charge in [-0.05, 0) is 25.8 Å². The summed E-state index contributed by atoms with van der Waals surface area (Å²) < 4.78 is 27.0. The van der Waals surface area contributed by atoms with Gasteiger partial charge in [0.25, 0.3) is 5.91 Å². The molecule has 0 saturated carbocycles. The molecule has 0 aliphatic carbocycles. The van der Waals surface area contributed by atoms with Crippen molar-refractivity contribution in [1.82, 2.24) is 39.7 Å². The minimum atomic E-state index is -3.38. The van der Waals surface area contributed by atoms with Crippen LogP contribution in [0, 0.1) is 0 Å². The number of nitrogen functional groups attached to an aromatic ring is 1. The number of hydrogen-bond donors (Lipinski definition) is 2. The van der Waals surface area contributed by atoms with Gasteiger partial charge in [-0.2, -0.15) is 14.7 Å². The van der Waals surface area contributed by atoms with Crippen molar-refractivity contribution >= 4 is 33.0 Å². The average Bonchev–Trinajstić information content (AvgIpc) is 3.67. The van der Waals surface area contributed by atoms with Crippen LogP contribution in [0.25, 0.3) is 28.0 Å². The minimum Gasteiger partial charge on any atom is -0.383 e. The molecule has 43 heavy (non-hydrogen) atoms. The molecule has 1 amide bonds. The highest BCUT2D eigenvalue weighted by molar-refractivity contribution is 7.91. The summed E-state index contributed by atoms with van der Waals surface area (Å²) in [6.07, 6.45) is 5.20. The molecule has 218 valence electrons. The fraction of sp³-hybridized carbons (Fsp3) is 0.276. The van der Waals surface area contributed by atoms with E-state index >= 15 is 0 Å². The molecule has 1 aromatic carbocycles. The lowest BCUT2D eigenvalue weighted by Gasteiger charge is -2.48. The van der Waals surface area contributed by atoms with Crippen LogP contribution < -0.4 is 5.73 Å². The number of pyridine rings is 1. The monoisotopic (exact) mass is 597 g/mol. The first-order valence-electron chi connectivity index (χ1n) is 13.8. The van der Waals surface area contributed by atoms with E-state index in [0.29, 0.717) is 16.9 Å². The number of H-pyrrole nitrogens is 1. The Morgan fingerprint density at radius 3 is 2.35 bits per heavy atom. The third-order valence-electron chi connectivity index (χ3n) is 8.24. The number of aromatic nitrogens is 7. The lowest BCUT2D eigenvalue weighted by atomic mass is 9.82. The third-order valence-corrected chi connectivity index (χ3v) is 10.0. The molecule has 4 aromatic heterocycles. The molecule has 2 saturated heterocycles. The highest BCUT2D eigenvalue weighted by atomic mass is 32.2. The Labute approximate surface area is 246 Å². The molecule has 3 N–H and O–H groups in total. The number of amides is 1. The van der Waals surface area contributed by atoms with Crippen LogP contribution in [0.5, 0.6) is 0 Å². The SMILES string of the molecule is CC(=O)c1c(C2CC3CS(=O)(=O)CC(C2)N3C(=O)c2ncn[nH]2)nc2c(-c3ccc(-c4ccccc4)nc3)cnn2c1N. The highest BCUT2D eigenvalue weighted by Gasteiger charge is 2.48. The number of sulfone groups is 1. The number of nitrogens with one attached hydrogen (secondary N) is 1. The Hall–Kier alpha value is -4.98. The number of nitrogens with two attached hydrogens (primary N) is 1. The van der Waals surface area contributed by atoms with Crippen LogP contribution >= 0.6 is 0 Å². The first-order valence-corrected chi connectivity index (χ1v) is 15.6. The van der Waals surface area contributed by atoms with Gasteiger partial charge in [-0.25, -0.2) is 18.4 Å². The number of rotatable bonds is 5.